The molecular weight excluding hydrogens is 476 g/mol. The second-order valence-electron chi connectivity index (χ2n) is 8.92. The molecule has 9 nitrogen and oxygen atoms in total. The molecule has 0 amide bonds. The number of pyridine rings is 1. The summed E-state index contributed by atoms with van der Waals surface area (Å²) in [4.78, 5) is 33.3. The molecule has 1 aromatic heterocycles. The molecule has 0 radical (unpaired) electrons. The van der Waals surface area contributed by atoms with E-state index in [1.165, 1.54) is 34.4 Å². The van der Waals surface area contributed by atoms with Crippen molar-refractivity contribution in [3.8, 4) is 5.75 Å². The monoisotopic (exact) mass is 508 g/mol. The van der Waals surface area contributed by atoms with Gasteiger partial charge in [-0.25, -0.2) is 9.59 Å². The van der Waals surface area contributed by atoms with E-state index in [4.69, 9.17) is 10.2 Å². The first-order chi connectivity index (χ1) is 17.6. The molecule has 6 N–H and O–H groups in total. The van der Waals surface area contributed by atoms with E-state index >= 15 is 0 Å². The molecule has 3 aromatic rings. The van der Waals surface area contributed by atoms with Crippen molar-refractivity contribution in [1.29, 1.82) is 0 Å². The molecule has 4 rings (SSSR count). The number of aromatic hydroxyl groups is 1. The lowest BCUT2D eigenvalue weighted by molar-refractivity contribution is -0.134. The van der Waals surface area contributed by atoms with Crippen molar-refractivity contribution in [2.75, 3.05) is 6.54 Å². The molecule has 0 spiro atoms. The fraction of sp³-hybridized carbons (Fsp3) is 0.321. The molecule has 1 aliphatic carbocycles. The van der Waals surface area contributed by atoms with Crippen LogP contribution in [-0.4, -0.2) is 49.9 Å². The Morgan fingerprint density at radius 2 is 1.57 bits per heavy atom. The molecule has 1 aliphatic rings. The quantitative estimate of drug-likeness (QED) is 0.253. The lowest BCUT2D eigenvalue weighted by Gasteiger charge is -2.18. The van der Waals surface area contributed by atoms with Gasteiger partial charge in [0.25, 0.3) is 0 Å². The zero-order valence-corrected chi connectivity index (χ0v) is 20.8. The van der Waals surface area contributed by atoms with Gasteiger partial charge in [0.2, 0.25) is 5.56 Å². The third kappa shape index (κ3) is 7.05. The van der Waals surface area contributed by atoms with Gasteiger partial charge in [0.15, 0.2) is 0 Å². The number of carbonyl (C=O) groups is 2. The van der Waals surface area contributed by atoms with E-state index in [-0.39, 0.29) is 11.3 Å². The molecular formula is C28H32N2O7. The number of aromatic nitrogens is 1. The van der Waals surface area contributed by atoms with Crippen molar-refractivity contribution in [1.82, 2.24) is 10.3 Å². The number of fused-ring (bicyclic) bond motifs is 2. The number of hydrogen-bond donors (Lipinski definition) is 6. The first kappa shape index (κ1) is 27.6. The summed E-state index contributed by atoms with van der Waals surface area (Å²) in [6.07, 6.45) is 4.45. The van der Waals surface area contributed by atoms with Crippen LogP contribution in [0, 0.1) is 0 Å². The number of phenolic OH excluding ortho intramolecular Hbond substituents is 1. The zero-order chi connectivity index (χ0) is 27.1. The van der Waals surface area contributed by atoms with Gasteiger partial charge in [0.1, 0.15) is 5.75 Å². The summed E-state index contributed by atoms with van der Waals surface area (Å²) in [6.45, 7) is 4.83. The molecule has 0 aliphatic heterocycles. The van der Waals surface area contributed by atoms with Gasteiger partial charge >= 0.3 is 11.9 Å². The van der Waals surface area contributed by atoms with Crippen molar-refractivity contribution >= 4 is 22.8 Å². The summed E-state index contributed by atoms with van der Waals surface area (Å²) < 4.78 is 0. The van der Waals surface area contributed by atoms with Gasteiger partial charge in [-0.3, -0.25) is 4.79 Å². The molecule has 0 unspecified atom stereocenters. The summed E-state index contributed by atoms with van der Waals surface area (Å²) in [5, 5.41) is 40.6. The summed E-state index contributed by atoms with van der Waals surface area (Å²) >= 11 is 0. The Morgan fingerprint density at radius 1 is 1.00 bits per heavy atom. The van der Waals surface area contributed by atoms with Crippen molar-refractivity contribution in [3.63, 3.8) is 0 Å². The minimum absolute atomic E-state index is 0.00584. The molecule has 0 saturated heterocycles. The highest BCUT2D eigenvalue weighted by atomic mass is 16.4. The normalized spacial score (nSPS) is 13.8. The molecule has 0 saturated carbocycles. The van der Waals surface area contributed by atoms with Crippen LogP contribution in [0.5, 0.6) is 5.75 Å². The van der Waals surface area contributed by atoms with Gasteiger partial charge < -0.3 is 30.7 Å². The molecule has 2 aromatic carbocycles. The van der Waals surface area contributed by atoms with Gasteiger partial charge in [-0.2, -0.15) is 0 Å². The largest absolute Gasteiger partial charge is 0.506 e. The van der Waals surface area contributed by atoms with Crippen molar-refractivity contribution in [3.05, 3.63) is 86.7 Å². The predicted octanol–water partition coefficient (Wildman–Crippen LogP) is 2.86. The van der Waals surface area contributed by atoms with Gasteiger partial charge in [-0.05, 0) is 65.6 Å². The number of aryl methyl sites for hydroxylation is 2. The van der Waals surface area contributed by atoms with Crippen LogP contribution in [0.2, 0.25) is 0 Å². The van der Waals surface area contributed by atoms with E-state index in [1.54, 1.807) is 12.1 Å². The van der Waals surface area contributed by atoms with Crippen LogP contribution in [0.3, 0.4) is 0 Å². The number of rotatable bonds is 8. The van der Waals surface area contributed by atoms with Crippen molar-refractivity contribution < 1.29 is 30.0 Å². The van der Waals surface area contributed by atoms with Crippen LogP contribution in [-0.2, 0) is 35.3 Å². The summed E-state index contributed by atoms with van der Waals surface area (Å²) in [7, 11) is 0. The third-order valence-electron chi connectivity index (χ3n) is 6.45. The summed E-state index contributed by atoms with van der Waals surface area (Å²) in [5.41, 5.74) is 6.49. The van der Waals surface area contributed by atoms with Crippen LogP contribution < -0.4 is 10.9 Å². The minimum Gasteiger partial charge on any atom is -0.506 e. The van der Waals surface area contributed by atoms with Gasteiger partial charge in [-0.1, -0.05) is 32.0 Å². The second kappa shape index (κ2) is 12.3. The number of carboxylic acids is 2. The summed E-state index contributed by atoms with van der Waals surface area (Å²) in [6, 6.07) is 11.3. The Morgan fingerprint density at radius 3 is 2.08 bits per heavy atom. The lowest BCUT2D eigenvalue weighted by atomic mass is 9.97. The highest BCUT2D eigenvalue weighted by molar-refractivity contribution is 5.89. The van der Waals surface area contributed by atoms with Crippen LogP contribution in [0.4, 0.5) is 0 Å². The Bertz CT molecular complexity index is 1330. The number of nitrogens with one attached hydrogen (secondary N) is 2. The average molecular weight is 509 g/mol. The van der Waals surface area contributed by atoms with Gasteiger partial charge in [0, 0.05) is 36.2 Å². The molecule has 196 valence electrons. The number of aliphatic hydroxyl groups excluding tert-OH is 1. The first-order valence-corrected chi connectivity index (χ1v) is 12.2. The van der Waals surface area contributed by atoms with Gasteiger partial charge in [0.05, 0.1) is 11.6 Å². The van der Waals surface area contributed by atoms with E-state index in [0.717, 1.165) is 25.7 Å². The number of aromatic amines is 1. The zero-order valence-electron chi connectivity index (χ0n) is 20.8. The minimum atomic E-state index is -1.26. The number of carboxylic acid groups (broad SMARTS) is 2. The van der Waals surface area contributed by atoms with E-state index in [2.05, 4.69) is 36.3 Å². The SMILES string of the molecule is CCc1cc2c(cc1CC)CC(NC[C@H](O)c1ccc(O)c3[nH]c(=O)ccc13)C2.O=C(O)C=CC(=O)O. The summed E-state index contributed by atoms with van der Waals surface area (Å²) in [5.74, 6) is -2.51. The van der Waals surface area contributed by atoms with Crippen molar-refractivity contribution in [2.45, 2.75) is 51.7 Å². The van der Waals surface area contributed by atoms with Crippen molar-refractivity contribution in [2.24, 2.45) is 0 Å². The number of aliphatic carboxylic acids is 2. The highest BCUT2D eigenvalue weighted by Crippen LogP contribution is 2.30. The standard InChI is InChI=1S/C24H28N2O3.C4H4O4/c1-3-14-9-16-11-18(12-17(16)10-15(14)4-2)25-13-22(28)19-5-7-21(27)24-20(19)6-8-23(29)26-24;5-3(6)1-2-4(7)8/h5-10,18,22,25,27-28H,3-4,11-13H2,1-2H3,(H,26,29);1-2H,(H,5,6)(H,7,8)/t22-;/m0./s1. The van der Waals surface area contributed by atoms with Crippen LogP contribution >= 0.6 is 0 Å². The molecule has 9 heteroatoms. The van der Waals surface area contributed by atoms with E-state index in [9.17, 15) is 24.6 Å². The fourth-order valence-electron chi connectivity index (χ4n) is 4.66. The van der Waals surface area contributed by atoms with E-state index < -0.39 is 18.0 Å². The third-order valence-corrected chi connectivity index (χ3v) is 6.45. The Labute approximate surface area is 214 Å². The number of hydrogen-bond acceptors (Lipinski definition) is 6. The fourth-order valence-corrected chi connectivity index (χ4v) is 4.66. The predicted molar refractivity (Wildman–Crippen MR) is 140 cm³/mol. The number of H-pyrrole nitrogens is 1. The van der Waals surface area contributed by atoms with Crippen LogP contribution in [0.15, 0.2) is 53.3 Å². The van der Waals surface area contributed by atoms with Crippen LogP contribution in [0.25, 0.3) is 10.9 Å². The number of phenols is 1. The molecule has 1 heterocycles. The first-order valence-electron chi connectivity index (χ1n) is 12.2. The maximum Gasteiger partial charge on any atom is 0.328 e. The smallest absolute Gasteiger partial charge is 0.328 e. The van der Waals surface area contributed by atoms with Gasteiger partial charge in [-0.15, -0.1) is 0 Å². The topological polar surface area (TPSA) is 160 Å². The van der Waals surface area contributed by atoms with Crippen LogP contribution in [0.1, 0.15) is 47.8 Å². The maximum absolute atomic E-state index is 11.6. The average Bonchev–Trinajstić information content (AvgIpc) is 3.27. The number of benzene rings is 2. The molecule has 0 fully saturated rings. The lowest BCUT2D eigenvalue weighted by Crippen LogP contribution is -2.33. The Hall–Kier alpha value is -3.95. The second-order valence-corrected chi connectivity index (χ2v) is 8.92. The highest BCUT2D eigenvalue weighted by Gasteiger charge is 2.24. The Balaban J connectivity index is 0.000000414. The van der Waals surface area contributed by atoms with E-state index in [1.807, 2.05) is 0 Å². The maximum atomic E-state index is 11.6. The molecule has 0 bridgehead atoms. The molecule has 37 heavy (non-hydrogen) atoms. The van der Waals surface area contributed by atoms with E-state index in [0.29, 0.717) is 41.2 Å². The molecule has 1 atom stereocenters. The number of aliphatic hydroxyl groups is 1. The Kier molecular flexibility index (Phi) is 9.21.